The highest BCUT2D eigenvalue weighted by atomic mass is 16.5. The van der Waals surface area contributed by atoms with Crippen LogP contribution in [-0.4, -0.2) is 20.1 Å². The molecule has 1 atom stereocenters. The van der Waals surface area contributed by atoms with Crippen LogP contribution in [0.15, 0.2) is 18.2 Å². The maximum Gasteiger partial charge on any atom is 0.307 e. The van der Waals surface area contributed by atoms with Gasteiger partial charge in [0.25, 0.3) is 0 Å². The number of aryl methyl sites for hydroxylation is 1. The summed E-state index contributed by atoms with van der Waals surface area (Å²) in [5.41, 5.74) is 8.56. The summed E-state index contributed by atoms with van der Waals surface area (Å²) in [4.78, 5) is 11.2. The largest absolute Gasteiger partial charge is 0.469 e. The molecule has 1 aromatic carbocycles. The second-order valence-corrected chi connectivity index (χ2v) is 3.74. The van der Waals surface area contributed by atoms with Gasteiger partial charge in [-0.25, -0.2) is 0 Å². The van der Waals surface area contributed by atoms with Gasteiger partial charge in [-0.3, -0.25) is 4.79 Å². The molecule has 88 valence electrons. The smallest absolute Gasteiger partial charge is 0.307 e. The first kappa shape index (κ1) is 12.5. The Balaban J connectivity index is 2.90. The van der Waals surface area contributed by atoms with Crippen LogP contribution in [0.25, 0.3) is 0 Å². The van der Waals surface area contributed by atoms with Gasteiger partial charge in [-0.05, 0) is 37.2 Å². The fraction of sp³-hybridized carbons (Fsp3) is 0.417. The van der Waals surface area contributed by atoms with E-state index >= 15 is 0 Å². The zero-order valence-electron chi connectivity index (χ0n) is 9.91. The lowest BCUT2D eigenvalue weighted by atomic mass is 9.98. The average Bonchev–Trinajstić information content (AvgIpc) is 2.26. The monoisotopic (exact) mass is 222 g/mol. The lowest BCUT2D eigenvalue weighted by Gasteiger charge is -2.17. The molecule has 0 amide bonds. The van der Waals surface area contributed by atoms with Crippen molar-refractivity contribution in [2.75, 3.05) is 19.9 Å². The molecule has 3 N–H and O–H groups in total. The third kappa shape index (κ3) is 2.97. The van der Waals surface area contributed by atoms with Gasteiger partial charge in [-0.1, -0.05) is 6.07 Å². The maximum absolute atomic E-state index is 11.2. The minimum Gasteiger partial charge on any atom is -0.469 e. The Kier molecular flexibility index (Phi) is 4.31. The van der Waals surface area contributed by atoms with E-state index in [0.29, 0.717) is 6.42 Å². The molecular weight excluding hydrogens is 204 g/mol. The Morgan fingerprint density at radius 1 is 1.56 bits per heavy atom. The molecule has 0 spiro atoms. The molecule has 16 heavy (non-hydrogen) atoms. The Bertz CT molecular complexity index is 377. The van der Waals surface area contributed by atoms with E-state index in [0.717, 1.165) is 16.8 Å². The van der Waals surface area contributed by atoms with Crippen molar-refractivity contribution in [2.45, 2.75) is 19.4 Å². The molecule has 1 rings (SSSR count). The SMILES string of the molecule is CNC(CC(=O)OC)c1ccc(N)cc1C. The molecule has 0 saturated heterocycles. The number of anilines is 1. The molecule has 0 radical (unpaired) electrons. The number of rotatable bonds is 4. The van der Waals surface area contributed by atoms with Crippen molar-refractivity contribution < 1.29 is 9.53 Å². The minimum absolute atomic E-state index is 0.0342. The van der Waals surface area contributed by atoms with Crippen LogP contribution < -0.4 is 11.1 Å². The quantitative estimate of drug-likeness (QED) is 0.597. The highest BCUT2D eigenvalue weighted by Gasteiger charge is 2.16. The molecule has 0 aliphatic heterocycles. The molecule has 1 aromatic rings. The van der Waals surface area contributed by atoms with Crippen LogP contribution >= 0.6 is 0 Å². The van der Waals surface area contributed by atoms with Gasteiger partial charge in [0, 0.05) is 11.7 Å². The Morgan fingerprint density at radius 3 is 2.75 bits per heavy atom. The molecule has 4 heteroatoms. The maximum atomic E-state index is 11.2. The summed E-state index contributed by atoms with van der Waals surface area (Å²) in [6.45, 7) is 1.98. The summed E-state index contributed by atoms with van der Waals surface area (Å²) in [5, 5.41) is 3.10. The van der Waals surface area contributed by atoms with Crippen LogP contribution in [0, 0.1) is 6.92 Å². The number of nitrogens with one attached hydrogen (secondary N) is 1. The molecule has 0 aliphatic rings. The number of benzene rings is 1. The first-order valence-corrected chi connectivity index (χ1v) is 5.18. The number of hydrogen-bond donors (Lipinski definition) is 2. The first-order valence-electron chi connectivity index (χ1n) is 5.18. The topological polar surface area (TPSA) is 64.3 Å². The van der Waals surface area contributed by atoms with Crippen LogP contribution in [0.1, 0.15) is 23.6 Å². The van der Waals surface area contributed by atoms with Crippen molar-refractivity contribution in [1.82, 2.24) is 5.32 Å². The molecule has 0 bridgehead atoms. The van der Waals surface area contributed by atoms with Gasteiger partial charge in [-0.15, -0.1) is 0 Å². The molecule has 0 aliphatic carbocycles. The van der Waals surface area contributed by atoms with E-state index in [4.69, 9.17) is 5.73 Å². The molecule has 1 unspecified atom stereocenters. The van der Waals surface area contributed by atoms with E-state index in [1.165, 1.54) is 7.11 Å². The van der Waals surface area contributed by atoms with E-state index in [1.807, 2.05) is 32.2 Å². The second-order valence-electron chi connectivity index (χ2n) is 3.74. The molecule has 0 saturated carbocycles. The van der Waals surface area contributed by atoms with Crippen molar-refractivity contribution in [1.29, 1.82) is 0 Å². The highest BCUT2D eigenvalue weighted by molar-refractivity contribution is 5.70. The molecule has 0 heterocycles. The van der Waals surface area contributed by atoms with Crippen LogP contribution in [0.3, 0.4) is 0 Å². The normalized spacial score (nSPS) is 12.2. The number of hydrogen-bond acceptors (Lipinski definition) is 4. The lowest BCUT2D eigenvalue weighted by Crippen LogP contribution is -2.21. The van der Waals surface area contributed by atoms with Crippen molar-refractivity contribution in [3.63, 3.8) is 0 Å². The number of carbonyl (C=O) groups is 1. The van der Waals surface area contributed by atoms with Crippen LogP contribution in [0.4, 0.5) is 5.69 Å². The van der Waals surface area contributed by atoms with E-state index < -0.39 is 0 Å². The molecule has 0 aromatic heterocycles. The Labute approximate surface area is 95.8 Å². The first-order chi connectivity index (χ1) is 7.58. The van der Waals surface area contributed by atoms with E-state index in [9.17, 15) is 4.79 Å². The number of ether oxygens (including phenoxy) is 1. The second kappa shape index (κ2) is 5.51. The highest BCUT2D eigenvalue weighted by Crippen LogP contribution is 2.22. The van der Waals surface area contributed by atoms with Crippen molar-refractivity contribution >= 4 is 11.7 Å². The molecule has 4 nitrogen and oxygen atoms in total. The standard InChI is InChI=1S/C12H18N2O2/c1-8-6-9(13)4-5-10(8)11(14-2)7-12(15)16-3/h4-6,11,14H,7,13H2,1-3H3. The number of methoxy groups -OCH3 is 1. The van der Waals surface area contributed by atoms with Crippen molar-refractivity contribution in [3.05, 3.63) is 29.3 Å². The van der Waals surface area contributed by atoms with Gasteiger partial charge < -0.3 is 15.8 Å². The summed E-state index contributed by atoms with van der Waals surface area (Å²) in [6, 6.07) is 5.64. The molecular formula is C12H18N2O2. The fourth-order valence-corrected chi connectivity index (χ4v) is 1.71. The van der Waals surface area contributed by atoms with Crippen molar-refractivity contribution in [3.8, 4) is 0 Å². The van der Waals surface area contributed by atoms with Crippen molar-refractivity contribution in [2.24, 2.45) is 0 Å². The third-order valence-electron chi connectivity index (χ3n) is 2.62. The zero-order valence-corrected chi connectivity index (χ0v) is 9.91. The Morgan fingerprint density at radius 2 is 2.25 bits per heavy atom. The number of carbonyl (C=O) groups excluding carboxylic acids is 1. The zero-order chi connectivity index (χ0) is 12.1. The van der Waals surface area contributed by atoms with Gasteiger partial charge in [0.2, 0.25) is 0 Å². The van der Waals surface area contributed by atoms with Gasteiger partial charge in [0.15, 0.2) is 0 Å². The fourth-order valence-electron chi connectivity index (χ4n) is 1.71. The minimum atomic E-state index is -0.226. The van der Waals surface area contributed by atoms with Crippen LogP contribution in [0.2, 0.25) is 0 Å². The number of nitrogens with two attached hydrogens (primary N) is 1. The summed E-state index contributed by atoms with van der Waals surface area (Å²) >= 11 is 0. The lowest BCUT2D eigenvalue weighted by molar-refractivity contribution is -0.141. The van der Waals surface area contributed by atoms with Crippen LogP contribution in [-0.2, 0) is 9.53 Å². The number of nitrogen functional groups attached to an aromatic ring is 1. The summed E-state index contributed by atoms with van der Waals surface area (Å²) in [7, 11) is 3.22. The van der Waals surface area contributed by atoms with E-state index in [1.54, 1.807) is 0 Å². The van der Waals surface area contributed by atoms with Gasteiger partial charge in [0.05, 0.1) is 13.5 Å². The summed E-state index contributed by atoms with van der Waals surface area (Å²) in [5.74, 6) is -0.226. The average molecular weight is 222 g/mol. The van der Waals surface area contributed by atoms with Crippen LogP contribution in [0.5, 0.6) is 0 Å². The number of esters is 1. The summed E-state index contributed by atoms with van der Waals surface area (Å²) in [6.07, 6.45) is 0.317. The molecule has 0 fully saturated rings. The predicted molar refractivity (Wildman–Crippen MR) is 64.0 cm³/mol. The van der Waals surface area contributed by atoms with Gasteiger partial charge >= 0.3 is 5.97 Å². The van der Waals surface area contributed by atoms with Gasteiger partial charge in [0.1, 0.15) is 0 Å². The Hall–Kier alpha value is -1.55. The van der Waals surface area contributed by atoms with Gasteiger partial charge in [-0.2, -0.15) is 0 Å². The summed E-state index contributed by atoms with van der Waals surface area (Å²) < 4.78 is 4.66. The van der Waals surface area contributed by atoms with E-state index in [-0.39, 0.29) is 12.0 Å². The third-order valence-corrected chi connectivity index (χ3v) is 2.62. The van der Waals surface area contributed by atoms with E-state index in [2.05, 4.69) is 10.1 Å². The predicted octanol–water partition coefficient (Wildman–Crippen LogP) is 1.40.